The fourth-order valence-electron chi connectivity index (χ4n) is 2.08. The highest BCUT2D eigenvalue weighted by Gasteiger charge is 2.20. The lowest BCUT2D eigenvalue weighted by Gasteiger charge is -2.18. The minimum Gasteiger partial charge on any atom is -0.400 e. The van der Waals surface area contributed by atoms with Gasteiger partial charge in [-0.1, -0.05) is 65.3 Å². The van der Waals surface area contributed by atoms with Crippen LogP contribution in [0.25, 0.3) is 0 Å². The maximum Gasteiger partial charge on any atom is 0.246 e. The smallest absolute Gasteiger partial charge is 0.246 e. The van der Waals surface area contributed by atoms with Crippen LogP contribution in [-0.2, 0) is 9.59 Å². The number of carbonyl (C=O) groups excluding carboxylic acids is 2. The molecule has 0 aliphatic carbocycles. The molecule has 2 amide bonds. The molecule has 1 rings (SSSR count). The van der Waals surface area contributed by atoms with E-state index in [4.69, 9.17) is 10.8 Å². The van der Waals surface area contributed by atoms with Crippen molar-refractivity contribution in [2.45, 2.75) is 73.3 Å². The van der Waals surface area contributed by atoms with Gasteiger partial charge in [-0.25, -0.2) is 0 Å². The average Bonchev–Trinajstić information content (AvgIpc) is 2.80. The Morgan fingerprint density at radius 2 is 1.61 bits per heavy atom. The van der Waals surface area contributed by atoms with Gasteiger partial charge in [-0.05, 0) is 38.3 Å². The second kappa shape index (κ2) is 23.9. The summed E-state index contributed by atoms with van der Waals surface area (Å²) >= 11 is 0. The monoisotopic (exact) mass is 438 g/mol. The number of nitrogens with one attached hydrogen (secondary N) is 3. The van der Waals surface area contributed by atoms with Crippen molar-refractivity contribution >= 4 is 17.5 Å². The van der Waals surface area contributed by atoms with Gasteiger partial charge in [-0.3, -0.25) is 9.59 Å². The van der Waals surface area contributed by atoms with E-state index in [0.717, 1.165) is 31.2 Å². The molecule has 1 atom stereocenters. The van der Waals surface area contributed by atoms with Crippen molar-refractivity contribution in [3.05, 3.63) is 42.1 Å². The summed E-state index contributed by atoms with van der Waals surface area (Å²) in [5.74, 6) is -0.583. The van der Waals surface area contributed by atoms with Gasteiger partial charge < -0.3 is 26.8 Å². The summed E-state index contributed by atoms with van der Waals surface area (Å²) in [6, 6.07) is 6.90. The van der Waals surface area contributed by atoms with Gasteiger partial charge in [0.15, 0.2) is 0 Å². The molecule has 180 valence electrons. The zero-order chi connectivity index (χ0) is 24.7. The van der Waals surface area contributed by atoms with Crippen LogP contribution in [0.1, 0.15) is 65.9 Å². The van der Waals surface area contributed by atoms with E-state index in [1.165, 1.54) is 6.42 Å². The van der Waals surface area contributed by atoms with Crippen LogP contribution in [0.3, 0.4) is 0 Å². The molecule has 0 spiro atoms. The lowest BCUT2D eigenvalue weighted by molar-refractivity contribution is -0.125. The van der Waals surface area contributed by atoms with Crippen LogP contribution >= 0.6 is 0 Å². The fraction of sp³-hybridized carbons (Fsp3) is 0.583. The summed E-state index contributed by atoms with van der Waals surface area (Å²) < 4.78 is 0. The Hall–Kier alpha value is -2.38. The molecule has 1 unspecified atom stereocenters. The third-order valence-electron chi connectivity index (χ3n) is 3.63. The Balaban J connectivity index is -0.000000999. The van der Waals surface area contributed by atoms with Crippen molar-refractivity contribution in [1.29, 1.82) is 0 Å². The molecule has 7 nitrogen and oxygen atoms in total. The predicted octanol–water partition coefficient (Wildman–Crippen LogP) is 3.72. The fourth-order valence-corrected chi connectivity index (χ4v) is 2.08. The molecule has 0 aliphatic heterocycles. The molecule has 0 heterocycles. The van der Waals surface area contributed by atoms with E-state index in [1.807, 2.05) is 52.0 Å². The van der Waals surface area contributed by atoms with Crippen LogP contribution in [0, 0.1) is 6.92 Å². The topological polar surface area (TPSA) is 116 Å². The Labute approximate surface area is 189 Å². The molecule has 1 aromatic rings. The van der Waals surface area contributed by atoms with Gasteiger partial charge in [-0.2, -0.15) is 0 Å². The van der Waals surface area contributed by atoms with E-state index in [9.17, 15) is 9.59 Å². The van der Waals surface area contributed by atoms with Crippen molar-refractivity contribution in [1.82, 2.24) is 10.6 Å². The van der Waals surface area contributed by atoms with E-state index in [-0.39, 0.29) is 18.4 Å². The van der Waals surface area contributed by atoms with Crippen LogP contribution in [-0.4, -0.2) is 43.2 Å². The average molecular weight is 439 g/mol. The summed E-state index contributed by atoms with van der Waals surface area (Å²) in [5, 5.41) is 15.7. The van der Waals surface area contributed by atoms with Crippen LogP contribution in [0.5, 0.6) is 0 Å². The normalized spacial score (nSPS) is 9.84. The zero-order valence-electron chi connectivity index (χ0n) is 20.7. The number of hydrogen-bond donors (Lipinski definition) is 5. The van der Waals surface area contributed by atoms with Crippen LogP contribution in [0.15, 0.2) is 36.5 Å². The lowest BCUT2D eigenvalue weighted by atomic mass is 10.1. The van der Waals surface area contributed by atoms with Gasteiger partial charge in [0.05, 0.1) is 6.54 Å². The number of nitrogens with two attached hydrogens (primary N) is 1. The number of benzene rings is 1. The highest BCUT2D eigenvalue weighted by molar-refractivity contribution is 5.97. The van der Waals surface area contributed by atoms with Gasteiger partial charge in [-0.15, -0.1) is 0 Å². The third-order valence-corrected chi connectivity index (χ3v) is 3.63. The molecule has 0 saturated heterocycles. The summed E-state index contributed by atoms with van der Waals surface area (Å²) in [6.45, 7) is 16.7. The number of aliphatic hydroxyl groups is 1. The first-order chi connectivity index (χ1) is 14.9. The number of aryl methyl sites for hydroxylation is 1. The number of hydrogen-bond acceptors (Lipinski definition) is 5. The van der Waals surface area contributed by atoms with E-state index >= 15 is 0 Å². The number of aliphatic hydroxyl groups excluding tert-OH is 1. The molecule has 0 aliphatic rings. The standard InChI is InChI=1S/C18H28N4O2.C3H8.C2H6.CH4O/c1-4-14(3)20-11-5-6-16(22-17(23)12-19)18(24)21-15-9-7-13(2)8-10-15;1-3-2;2*1-2/h7-10,16,20H,3-6,11-12,19H2,1-2H3,(H,21,24)(H,22,23);3H2,1-2H3;1-2H3;2H,1H3. The van der Waals surface area contributed by atoms with E-state index in [0.29, 0.717) is 18.7 Å². The van der Waals surface area contributed by atoms with E-state index in [2.05, 4.69) is 36.4 Å². The summed E-state index contributed by atoms with van der Waals surface area (Å²) in [4.78, 5) is 24.0. The maximum absolute atomic E-state index is 12.4. The Morgan fingerprint density at radius 3 is 2.06 bits per heavy atom. The molecular formula is C24H46N4O3. The van der Waals surface area contributed by atoms with Crippen molar-refractivity contribution in [3.8, 4) is 0 Å². The molecule has 0 fully saturated rings. The molecular weight excluding hydrogens is 392 g/mol. The highest BCUT2D eigenvalue weighted by atomic mass is 16.2. The summed E-state index contributed by atoms with van der Waals surface area (Å²) in [6.07, 6.45) is 3.37. The van der Waals surface area contributed by atoms with Gasteiger partial charge in [0.25, 0.3) is 0 Å². The summed E-state index contributed by atoms with van der Waals surface area (Å²) in [7, 11) is 1.00. The molecule has 6 N–H and O–H groups in total. The van der Waals surface area contributed by atoms with Gasteiger partial charge >= 0.3 is 0 Å². The first-order valence-electron chi connectivity index (χ1n) is 11.1. The second-order valence-corrected chi connectivity index (χ2v) is 6.41. The number of carbonyl (C=O) groups is 2. The second-order valence-electron chi connectivity index (χ2n) is 6.41. The predicted molar refractivity (Wildman–Crippen MR) is 133 cm³/mol. The van der Waals surface area contributed by atoms with E-state index < -0.39 is 6.04 Å². The molecule has 0 bridgehead atoms. The van der Waals surface area contributed by atoms with Gasteiger partial charge in [0.1, 0.15) is 6.04 Å². The Bertz CT molecular complexity index is 575. The first-order valence-corrected chi connectivity index (χ1v) is 11.1. The SMILES string of the molecule is C=C(CC)NCCCC(NC(=O)CN)C(=O)Nc1ccc(C)cc1.CC.CCC.CO. The number of rotatable bonds is 10. The van der Waals surface area contributed by atoms with Crippen LogP contribution in [0.2, 0.25) is 0 Å². The molecule has 1 aromatic carbocycles. The summed E-state index contributed by atoms with van der Waals surface area (Å²) in [5.41, 5.74) is 8.11. The van der Waals surface area contributed by atoms with Crippen LogP contribution in [0.4, 0.5) is 5.69 Å². The molecule has 31 heavy (non-hydrogen) atoms. The number of anilines is 1. The van der Waals surface area contributed by atoms with Crippen LogP contribution < -0.4 is 21.7 Å². The first kappa shape index (κ1) is 33.3. The van der Waals surface area contributed by atoms with Crippen molar-refractivity contribution < 1.29 is 14.7 Å². The van der Waals surface area contributed by atoms with E-state index in [1.54, 1.807) is 0 Å². The number of amides is 2. The highest BCUT2D eigenvalue weighted by Crippen LogP contribution is 2.10. The minimum atomic E-state index is -0.612. The largest absolute Gasteiger partial charge is 0.400 e. The third kappa shape index (κ3) is 19.3. The van der Waals surface area contributed by atoms with Gasteiger partial charge in [0.2, 0.25) is 11.8 Å². The Kier molecular flexibility index (Phi) is 25.6. The minimum absolute atomic E-state index is 0.140. The van der Waals surface area contributed by atoms with Crippen molar-refractivity contribution in [3.63, 3.8) is 0 Å². The molecule has 7 heteroatoms. The quantitative estimate of drug-likeness (QED) is 0.357. The molecule has 0 saturated carbocycles. The van der Waals surface area contributed by atoms with Crippen molar-refractivity contribution in [2.75, 3.05) is 25.5 Å². The molecule has 0 radical (unpaired) electrons. The zero-order valence-corrected chi connectivity index (χ0v) is 20.7. The molecule has 0 aromatic heterocycles. The maximum atomic E-state index is 12.4. The van der Waals surface area contributed by atoms with Crippen molar-refractivity contribution in [2.24, 2.45) is 5.73 Å². The lowest BCUT2D eigenvalue weighted by Crippen LogP contribution is -2.46. The number of allylic oxidation sites excluding steroid dienone is 1. The van der Waals surface area contributed by atoms with Gasteiger partial charge in [0, 0.05) is 25.0 Å². The Morgan fingerprint density at radius 1 is 1.10 bits per heavy atom.